The molecule has 0 aromatic rings. The molecule has 0 aromatic heterocycles. The average Bonchev–Trinajstić information content (AvgIpc) is 2.14. The van der Waals surface area contributed by atoms with Crippen LogP contribution in [0.5, 0.6) is 0 Å². The van der Waals surface area contributed by atoms with E-state index in [2.05, 4.69) is 4.74 Å². The molecule has 0 saturated heterocycles. The summed E-state index contributed by atoms with van der Waals surface area (Å²) in [5.74, 6) is 0.0674. The summed E-state index contributed by atoms with van der Waals surface area (Å²) < 4.78 is 4.69. The first-order valence-corrected chi connectivity index (χ1v) is 5.71. The molecular weight excluding hydrogens is 204 g/mol. The number of ether oxygens (including phenoxy) is 1. The minimum absolute atomic E-state index is 0.0268. The summed E-state index contributed by atoms with van der Waals surface area (Å²) in [4.78, 5) is 10.9. The zero-order chi connectivity index (χ0) is 11.0. The fraction of sp³-hybridized carbons (Fsp3) is 0.889. The topological polar surface area (TPSA) is 66.8 Å². The van der Waals surface area contributed by atoms with Gasteiger partial charge in [-0.15, -0.1) is 0 Å². The van der Waals surface area contributed by atoms with Gasteiger partial charge in [0.25, 0.3) is 0 Å². The molecule has 2 atom stereocenters. The van der Waals surface area contributed by atoms with Crippen molar-refractivity contribution in [1.29, 1.82) is 0 Å². The zero-order valence-electron chi connectivity index (χ0n) is 8.60. The Morgan fingerprint density at radius 2 is 2.21 bits per heavy atom. The van der Waals surface area contributed by atoms with Crippen LogP contribution < -0.4 is 0 Å². The van der Waals surface area contributed by atoms with Crippen molar-refractivity contribution in [2.24, 2.45) is 0 Å². The van der Waals surface area contributed by atoms with Crippen LogP contribution in [0.4, 0.5) is 0 Å². The van der Waals surface area contributed by atoms with Crippen molar-refractivity contribution < 1.29 is 19.7 Å². The lowest BCUT2D eigenvalue weighted by Gasteiger charge is -2.12. The first-order chi connectivity index (χ1) is 6.60. The molecule has 14 heavy (non-hydrogen) atoms. The Balaban J connectivity index is 3.54. The lowest BCUT2D eigenvalue weighted by Crippen LogP contribution is -2.19. The van der Waals surface area contributed by atoms with E-state index in [0.717, 1.165) is 0 Å². The van der Waals surface area contributed by atoms with Gasteiger partial charge in [0.1, 0.15) is 0 Å². The molecule has 5 heteroatoms. The van der Waals surface area contributed by atoms with Crippen LogP contribution in [-0.2, 0) is 9.53 Å². The lowest BCUT2D eigenvalue weighted by atomic mass is 10.3. The molecular formula is C9H18O4S. The van der Waals surface area contributed by atoms with Gasteiger partial charge in [0.05, 0.1) is 25.7 Å². The zero-order valence-corrected chi connectivity index (χ0v) is 9.42. The first-order valence-electron chi connectivity index (χ1n) is 4.66. The van der Waals surface area contributed by atoms with Crippen LogP contribution in [-0.4, -0.2) is 46.5 Å². The predicted octanol–water partition coefficient (Wildman–Crippen LogP) is 0.415. The fourth-order valence-corrected chi connectivity index (χ4v) is 1.57. The van der Waals surface area contributed by atoms with Gasteiger partial charge >= 0.3 is 5.97 Å². The molecule has 0 spiro atoms. The van der Waals surface area contributed by atoms with E-state index in [1.54, 1.807) is 6.92 Å². The van der Waals surface area contributed by atoms with Crippen molar-refractivity contribution in [1.82, 2.24) is 0 Å². The number of esters is 1. The van der Waals surface area contributed by atoms with Gasteiger partial charge in [0.2, 0.25) is 0 Å². The maximum atomic E-state index is 10.9. The number of hydrogen-bond donors (Lipinski definition) is 2. The van der Waals surface area contributed by atoms with E-state index < -0.39 is 6.10 Å². The summed E-state index contributed by atoms with van der Waals surface area (Å²) in [5.41, 5.74) is 0. The van der Waals surface area contributed by atoms with Gasteiger partial charge in [-0.25, -0.2) is 0 Å². The van der Waals surface area contributed by atoms with Crippen LogP contribution in [0.3, 0.4) is 0 Å². The minimum atomic E-state index is -0.687. The number of aliphatic hydroxyl groups is 2. The van der Waals surface area contributed by atoms with Gasteiger partial charge in [0, 0.05) is 11.0 Å². The molecule has 0 radical (unpaired) electrons. The monoisotopic (exact) mass is 222 g/mol. The number of hydrogen-bond acceptors (Lipinski definition) is 5. The van der Waals surface area contributed by atoms with Crippen LogP contribution in [0.2, 0.25) is 0 Å². The molecule has 2 N–H and O–H groups in total. The van der Waals surface area contributed by atoms with Crippen molar-refractivity contribution in [2.75, 3.05) is 19.0 Å². The Hall–Kier alpha value is -0.260. The maximum Gasteiger partial charge on any atom is 0.308 e. The highest BCUT2D eigenvalue weighted by molar-refractivity contribution is 7.99. The molecule has 0 amide bonds. The molecule has 0 aliphatic heterocycles. The first kappa shape index (κ1) is 13.7. The van der Waals surface area contributed by atoms with Crippen LogP contribution in [0.25, 0.3) is 0 Å². The molecule has 2 unspecified atom stereocenters. The van der Waals surface area contributed by atoms with Crippen LogP contribution in [0.15, 0.2) is 0 Å². The van der Waals surface area contributed by atoms with E-state index in [1.165, 1.54) is 11.8 Å². The molecule has 4 nitrogen and oxygen atoms in total. The quantitative estimate of drug-likeness (QED) is 0.611. The molecule has 0 aromatic carbocycles. The lowest BCUT2D eigenvalue weighted by molar-refractivity contribution is -0.144. The van der Waals surface area contributed by atoms with Gasteiger partial charge in [0.15, 0.2) is 0 Å². The van der Waals surface area contributed by atoms with Gasteiger partial charge in [-0.2, -0.15) is 11.8 Å². The average molecular weight is 222 g/mol. The van der Waals surface area contributed by atoms with Crippen LogP contribution >= 0.6 is 11.8 Å². The van der Waals surface area contributed by atoms with Crippen LogP contribution in [0, 0.1) is 0 Å². The van der Waals surface area contributed by atoms with E-state index in [9.17, 15) is 9.90 Å². The summed E-state index contributed by atoms with van der Waals surface area (Å²) in [6.45, 7) is 4.01. The van der Waals surface area contributed by atoms with E-state index in [0.29, 0.717) is 12.4 Å². The number of thioether (sulfide) groups is 1. The summed E-state index contributed by atoms with van der Waals surface area (Å²) in [6.07, 6.45) is -0.660. The number of aliphatic hydroxyl groups excluding tert-OH is 2. The molecule has 0 bridgehead atoms. The largest absolute Gasteiger partial charge is 0.466 e. The standard InChI is InChI=1S/C9H18O4S/c1-3-13-9(12)4-8(11)6-14-7(2)5-10/h7-8,10-11H,3-6H2,1-2H3. The predicted molar refractivity (Wildman–Crippen MR) is 56.3 cm³/mol. The highest BCUT2D eigenvalue weighted by Crippen LogP contribution is 2.12. The van der Waals surface area contributed by atoms with Gasteiger partial charge in [-0.1, -0.05) is 6.92 Å². The second-order valence-corrected chi connectivity index (χ2v) is 4.46. The van der Waals surface area contributed by atoms with E-state index in [-0.39, 0.29) is 24.2 Å². The van der Waals surface area contributed by atoms with Crippen molar-refractivity contribution in [2.45, 2.75) is 31.6 Å². The smallest absolute Gasteiger partial charge is 0.308 e. The van der Waals surface area contributed by atoms with E-state index >= 15 is 0 Å². The normalized spacial score (nSPS) is 14.9. The molecule has 0 aliphatic carbocycles. The molecule has 0 saturated carbocycles. The van der Waals surface area contributed by atoms with Gasteiger partial charge in [-0.05, 0) is 6.92 Å². The van der Waals surface area contributed by atoms with E-state index in [4.69, 9.17) is 5.11 Å². The minimum Gasteiger partial charge on any atom is -0.466 e. The summed E-state index contributed by atoms with van der Waals surface area (Å²) >= 11 is 1.44. The molecule has 84 valence electrons. The number of carbonyl (C=O) groups is 1. The third kappa shape index (κ3) is 7.17. The summed E-state index contributed by atoms with van der Waals surface area (Å²) in [6, 6.07) is 0. The maximum absolute atomic E-state index is 10.9. The highest BCUT2D eigenvalue weighted by Gasteiger charge is 2.12. The molecule has 0 rings (SSSR count). The highest BCUT2D eigenvalue weighted by atomic mass is 32.2. The van der Waals surface area contributed by atoms with Gasteiger partial charge < -0.3 is 14.9 Å². The van der Waals surface area contributed by atoms with Crippen molar-refractivity contribution in [3.63, 3.8) is 0 Å². The van der Waals surface area contributed by atoms with Crippen molar-refractivity contribution >= 4 is 17.7 Å². The third-order valence-corrected chi connectivity index (χ3v) is 2.83. The Labute approximate surface area is 88.6 Å². The van der Waals surface area contributed by atoms with Crippen molar-refractivity contribution in [3.8, 4) is 0 Å². The Morgan fingerprint density at radius 1 is 1.57 bits per heavy atom. The second-order valence-electron chi connectivity index (χ2n) is 2.99. The third-order valence-electron chi connectivity index (χ3n) is 1.54. The van der Waals surface area contributed by atoms with Gasteiger partial charge in [-0.3, -0.25) is 4.79 Å². The summed E-state index contributed by atoms with van der Waals surface area (Å²) in [7, 11) is 0. The van der Waals surface area contributed by atoms with E-state index in [1.807, 2.05) is 6.92 Å². The molecule has 0 fully saturated rings. The van der Waals surface area contributed by atoms with Crippen LogP contribution in [0.1, 0.15) is 20.3 Å². The fourth-order valence-electron chi connectivity index (χ4n) is 0.799. The Bertz CT molecular complexity index is 163. The summed E-state index contributed by atoms with van der Waals surface area (Å²) in [5, 5.41) is 18.2. The Morgan fingerprint density at radius 3 is 2.71 bits per heavy atom. The number of rotatable bonds is 7. The second kappa shape index (κ2) is 8.08. The molecule has 0 aliphatic rings. The van der Waals surface area contributed by atoms with Crippen molar-refractivity contribution in [3.05, 3.63) is 0 Å². The Kier molecular flexibility index (Phi) is 7.93. The number of carbonyl (C=O) groups excluding carboxylic acids is 1. The molecule has 0 heterocycles. The SMILES string of the molecule is CCOC(=O)CC(O)CSC(C)CO.